The normalized spacial score (nSPS) is 19.4. The molecule has 2 aromatic rings. The second kappa shape index (κ2) is 6.60. The van der Waals surface area contributed by atoms with Crippen LogP contribution in [0.5, 0.6) is 0 Å². The molecule has 0 saturated carbocycles. The van der Waals surface area contributed by atoms with Crippen molar-refractivity contribution in [2.45, 2.75) is 25.9 Å². The van der Waals surface area contributed by atoms with E-state index in [1.54, 1.807) is 5.38 Å². The first kappa shape index (κ1) is 15.2. The van der Waals surface area contributed by atoms with E-state index in [1.807, 2.05) is 12.1 Å². The standard InChI is InChI=1S/C15H18N2O4S/c1-2-10-3-4-13(21-10)12-8-20-6-5-17(12)7-14-16-11(9-22-14)15(18)19/h3-4,9,12H,2,5-8H2,1H3,(H,18,19). The van der Waals surface area contributed by atoms with Crippen molar-refractivity contribution < 1.29 is 19.1 Å². The van der Waals surface area contributed by atoms with Gasteiger partial charge >= 0.3 is 5.97 Å². The highest BCUT2D eigenvalue weighted by molar-refractivity contribution is 7.09. The summed E-state index contributed by atoms with van der Waals surface area (Å²) in [6.45, 7) is 4.67. The van der Waals surface area contributed by atoms with E-state index in [1.165, 1.54) is 11.3 Å². The predicted molar refractivity (Wildman–Crippen MR) is 81.1 cm³/mol. The van der Waals surface area contributed by atoms with Crippen LogP contribution in [-0.2, 0) is 17.7 Å². The zero-order valence-corrected chi connectivity index (χ0v) is 13.1. The number of rotatable bonds is 5. The summed E-state index contributed by atoms with van der Waals surface area (Å²) >= 11 is 1.37. The van der Waals surface area contributed by atoms with Crippen molar-refractivity contribution in [1.82, 2.24) is 9.88 Å². The maximum atomic E-state index is 10.9. The van der Waals surface area contributed by atoms with Crippen molar-refractivity contribution in [3.8, 4) is 0 Å². The van der Waals surface area contributed by atoms with Gasteiger partial charge in [-0.3, -0.25) is 4.90 Å². The van der Waals surface area contributed by atoms with Crippen molar-refractivity contribution in [3.05, 3.63) is 39.7 Å². The number of hydrogen-bond donors (Lipinski definition) is 1. The van der Waals surface area contributed by atoms with Crippen molar-refractivity contribution in [3.63, 3.8) is 0 Å². The Morgan fingerprint density at radius 2 is 2.41 bits per heavy atom. The molecule has 1 atom stereocenters. The molecule has 2 aromatic heterocycles. The van der Waals surface area contributed by atoms with Crippen LogP contribution in [0, 0.1) is 0 Å². The molecule has 3 heterocycles. The highest BCUT2D eigenvalue weighted by atomic mass is 32.1. The fourth-order valence-corrected chi connectivity index (χ4v) is 3.30. The summed E-state index contributed by atoms with van der Waals surface area (Å²) < 4.78 is 11.4. The van der Waals surface area contributed by atoms with Crippen LogP contribution in [0.2, 0.25) is 0 Å². The second-order valence-electron chi connectivity index (χ2n) is 5.15. The molecule has 0 spiro atoms. The minimum absolute atomic E-state index is 0.0474. The maximum Gasteiger partial charge on any atom is 0.355 e. The molecule has 7 heteroatoms. The number of ether oxygens (including phenoxy) is 1. The zero-order valence-electron chi connectivity index (χ0n) is 12.3. The average Bonchev–Trinajstić information content (AvgIpc) is 3.16. The molecule has 0 amide bonds. The van der Waals surface area contributed by atoms with Gasteiger partial charge in [0.25, 0.3) is 0 Å². The summed E-state index contributed by atoms with van der Waals surface area (Å²) in [5.41, 5.74) is 0.107. The van der Waals surface area contributed by atoms with E-state index >= 15 is 0 Å². The summed E-state index contributed by atoms with van der Waals surface area (Å²) in [6.07, 6.45) is 0.863. The van der Waals surface area contributed by atoms with E-state index in [9.17, 15) is 4.79 Å². The Kier molecular flexibility index (Phi) is 4.56. The lowest BCUT2D eigenvalue weighted by atomic mass is 10.2. The highest BCUT2D eigenvalue weighted by Gasteiger charge is 2.28. The number of carbonyl (C=O) groups is 1. The lowest BCUT2D eigenvalue weighted by Gasteiger charge is -2.33. The zero-order chi connectivity index (χ0) is 15.5. The SMILES string of the molecule is CCc1ccc(C2COCCN2Cc2nc(C(=O)O)cs2)o1. The van der Waals surface area contributed by atoms with E-state index in [0.29, 0.717) is 19.8 Å². The Morgan fingerprint density at radius 1 is 1.55 bits per heavy atom. The minimum atomic E-state index is -0.986. The third-order valence-electron chi connectivity index (χ3n) is 3.71. The number of carboxylic acids is 1. The molecule has 1 aliphatic heterocycles. The van der Waals surface area contributed by atoms with Crippen LogP contribution in [0.3, 0.4) is 0 Å². The smallest absolute Gasteiger partial charge is 0.355 e. The van der Waals surface area contributed by atoms with Gasteiger partial charge in [-0.05, 0) is 12.1 Å². The predicted octanol–water partition coefficient (Wildman–Crippen LogP) is 2.57. The van der Waals surface area contributed by atoms with Crippen molar-refractivity contribution in [2.24, 2.45) is 0 Å². The molecule has 0 aromatic carbocycles. The van der Waals surface area contributed by atoms with E-state index in [2.05, 4.69) is 16.8 Å². The summed E-state index contributed by atoms with van der Waals surface area (Å²) in [5, 5.41) is 11.3. The molecule has 3 rings (SSSR count). The maximum absolute atomic E-state index is 10.9. The molecule has 1 aliphatic rings. The van der Waals surface area contributed by atoms with Crippen LogP contribution in [-0.4, -0.2) is 40.7 Å². The van der Waals surface area contributed by atoms with Crippen LogP contribution >= 0.6 is 11.3 Å². The number of aromatic carboxylic acids is 1. The molecule has 1 fully saturated rings. The van der Waals surface area contributed by atoms with Gasteiger partial charge in [0.05, 0.1) is 25.8 Å². The summed E-state index contributed by atoms with van der Waals surface area (Å²) in [4.78, 5) is 17.3. The Hall–Kier alpha value is -1.70. The lowest BCUT2D eigenvalue weighted by Crippen LogP contribution is -2.38. The number of aromatic nitrogens is 1. The molecular weight excluding hydrogens is 304 g/mol. The molecular formula is C15H18N2O4S. The highest BCUT2D eigenvalue weighted by Crippen LogP contribution is 2.28. The van der Waals surface area contributed by atoms with E-state index in [0.717, 1.165) is 29.5 Å². The Morgan fingerprint density at radius 3 is 3.09 bits per heavy atom. The molecule has 118 valence electrons. The number of aryl methyl sites for hydroxylation is 1. The number of hydrogen-bond acceptors (Lipinski definition) is 6. The number of morpholine rings is 1. The monoisotopic (exact) mass is 322 g/mol. The topological polar surface area (TPSA) is 75.8 Å². The first-order valence-electron chi connectivity index (χ1n) is 7.25. The van der Waals surface area contributed by atoms with Crippen LogP contribution in [0.4, 0.5) is 0 Å². The molecule has 1 N–H and O–H groups in total. The summed E-state index contributed by atoms with van der Waals surface area (Å²) in [5.74, 6) is 0.870. The summed E-state index contributed by atoms with van der Waals surface area (Å²) in [6, 6.07) is 4.04. The lowest BCUT2D eigenvalue weighted by molar-refractivity contribution is -0.0206. The first-order valence-corrected chi connectivity index (χ1v) is 8.13. The Balaban J connectivity index is 1.75. The van der Waals surface area contributed by atoms with Crippen molar-refractivity contribution >= 4 is 17.3 Å². The van der Waals surface area contributed by atoms with E-state index in [4.69, 9.17) is 14.3 Å². The van der Waals surface area contributed by atoms with E-state index < -0.39 is 5.97 Å². The number of carboxylic acid groups (broad SMARTS) is 1. The van der Waals surface area contributed by atoms with Gasteiger partial charge in [-0.1, -0.05) is 6.92 Å². The summed E-state index contributed by atoms with van der Waals surface area (Å²) in [7, 11) is 0. The minimum Gasteiger partial charge on any atom is -0.476 e. The van der Waals surface area contributed by atoms with Gasteiger partial charge < -0.3 is 14.3 Å². The van der Waals surface area contributed by atoms with Gasteiger partial charge in [-0.15, -0.1) is 11.3 Å². The molecule has 0 bridgehead atoms. The first-order chi connectivity index (χ1) is 10.7. The number of thiazole rings is 1. The van der Waals surface area contributed by atoms with Gasteiger partial charge in [-0.25, -0.2) is 9.78 Å². The second-order valence-corrected chi connectivity index (χ2v) is 6.09. The Labute approximate surface area is 132 Å². The van der Waals surface area contributed by atoms with Gasteiger partial charge in [0, 0.05) is 18.3 Å². The van der Waals surface area contributed by atoms with Gasteiger partial charge in [0.2, 0.25) is 0 Å². The molecule has 1 unspecified atom stereocenters. The molecule has 22 heavy (non-hydrogen) atoms. The molecule has 0 radical (unpaired) electrons. The fourth-order valence-electron chi connectivity index (χ4n) is 2.51. The van der Waals surface area contributed by atoms with Gasteiger partial charge in [0.15, 0.2) is 5.69 Å². The third-order valence-corrected chi connectivity index (χ3v) is 4.54. The van der Waals surface area contributed by atoms with Crippen molar-refractivity contribution in [2.75, 3.05) is 19.8 Å². The van der Waals surface area contributed by atoms with Crippen molar-refractivity contribution in [1.29, 1.82) is 0 Å². The Bertz CT molecular complexity index is 652. The largest absolute Gasteiger partial charge is 0.476 e. The number of furan rings is 1. The van der Waals surface area contributed by atoms with Gasteiger partial charge in [0.1, 0.15) is 16.5 Å². The van der Waals surface area contributed by atoms with Crippen LogP contribution in [0.1, 0.15) is 40.0 Å². The van der Waals surface area contributed by atoms with E-state index in [-0.39, 0.29) is 11.7 Å². The van der Waals surface area contributed by atoms with Crippen LogP contribution < -0.4 is 0 Å². The fraction of sp³-hybridized carbons (Fsp3) is 0.467. The van der Waals surface area contributed by atoms with Crippen LogP contribution in [0.25, 0.3) is 0 Å². The quantitative estimate of drug-likeness (QED) is 0.912. The number of nitrogens with zero attached hydrogens (tertiary/aromatic N) is 2. The average molecular weight is 322 g/mol. The van der Waals surface area contributed by atoms with Gasteiger partial charge in [-0.2, -0.15) is 0 Å². The molecule has 6 nitrogen and oxygen atoms in total. The van der Waals surface area contributed by atoms with Crippen LogP contribution in [0.15, 0.2) is 21.9 Å². The third kappa shape index (κ3) is 3.21. The molecule has 0 aliphatic carbocycles. The molecule has 1 saturated heterocycles.